The van der Waals surface area contributed by atoms with Gasteiger partial charge in [0.2, 0.25) is 0 Å². The summed E-state index contributed by atoms with van der Waals surface area (Å²) in [6, 6.07) is 8.89. The van der Waals surface area contributed by atoms with Crippen LogP contribution in [0.3, 0.4) is 0 Å². The Balaban J connectivity index is 1.58. The van der Waals surface area contributed by atoms with Gasteiger partial charge in [-0.1, -0.05) is 6.42 Å². The summed E-state index contributed by atoms with van der Waals surface area (Å²) in [6.45, 7) is 2.23. The quantitative estimate of drug-likeness (QED) is 0.925. The molecule has 2 heterocycles. The lowest BCUT2D eigenvalue weighted by atomic mass is 10.0. The highest BCUT2D eigenvalue weighted by atomic mass is 15.5. The van der Waals surface area contributed by atoms with E-state index < -0.39 is 0 Å². The van der Waals surface area contributed by atoms with E-state index in [1.165, 1.54) is 25.8 Å². The van der Waals surface area contributed by atoms with Crippen molar-refractivity contribution in [1.29, 1.82) is 0 Å². The Kier molecular flexibility index (Phi) is 3.97. The van der Waals surface area contributed by atoms with Gasteiger partial charge in [0.1, 0.15) is 0 Å². The van der Waals surface area contributed by atoms with Crippen molar-refractivity contribution < 1.29 is 0 Å². The van der Waals surface area contributed by atoms with Gasteiger partial charge in [0.05, 0.1) is 18.1 Å². The first-order valence-corrected chi connectivity index (χ1v) is 7.24. The zero-order valence-corrected chi connectivity index (χ0v) is 11.9. The summed E-state index contributed by atoms with van der Waals surface area (Å²) in [5, 5.41) is 11.8. The second-order valence-electron chi connectivity index (χ2n) is 5.38. The number of piperidine rings is 1. The third kappa shape index (κ3) is 2.99. The van der Waals surface area contributed by atoms with E-state index in [4.69, 9.17) is 0 Å². The molecule has 0 aliphatic carbocycles. The van der Waals surface area contributed by atoms with Crippen LogP contribution in [-0.4, -0.2) is 46.1 Å². The molecule has 1 aliphatic heterocycles. The van der Waals surface area contributed by atoms with Crippen LogP contribution in [0.4, 0.5) is 5.69 Å². The van der Waals surface area contributed by atoms with Gasteiger partial charge in [0.25, 0.3) is 0 Å². The number of rotatable bonds is 4. The molecule has 1 aliphatic rings. The molecule has 20 heavy (non-hydrogen) atoms. The van der Waals surface area contributed by atoms with Crippen molar-refractivity contribution in [2.24, 2.45) is 0 Å². The lowest BCUT2D eigenvalue weighted by molar-refractivity contribution is 0.194. The third-order valence-corrected chi connectivity index (χ3v) is 3.98. The first-order valence-electron chi connectivity index (χ1n) is 7.24. The van der Waals surface area contributed by atoms with Crippen LogP contribution in [0.1, 0.15) is 19.3 Å². The van der Waals surface area contributed by atoms with E-state index in [9.17, 15) is 0 Å². The molecule has 1 N–H and O–H groups in total. The van der Waals surface area contributed by atoms with E-state index in [0.717, 1.165) is 17.9 Å². The molecule has 106 valence electrons. The molecule has 0 bridgehead atoms. The topological polar surface area (TPSA) is 46.0 Å². The molecular formula is C15H21N5. The van der Waals surface area contributed by atoms with Gasteiger partial charge in [-0.15, -0.1) is 0 Å². The Labute approximate surface area is 119 Å². The number of benzene rings is 1. The largest absolute Gasteiger partial charge is 0.383 e. The predicted octanol–water partition coefficient (Wildman–Crippen LogP) is 2.16. The van der Waals surface area contributed by atoms with Crippen LogP contribution in [-0.2, 0) is 0 Å². The summed E-state index contributed by atoms with van der Waals surface area (Å²) in [5.41, 5.74) is 2.13. The number of likely N-dealkylation sites (tertiary alicyclic amines) is 1. The van der Waals surface area contributed by atoms with Crippen molar-refractivity contribution in [2.45, 2.75) is 25.3 Å². The number of hydrogen-bond acceptors (Lipinski definition) is 4. The van der Waals surface area contributed by atoms with Crippen molar-refractivity contribution in [3.05, 3.63) is 36.7 Å². The molecule has 0 spiro atoms. The molecule has 5 nitrogen and oxygen atoms in total. The Morgan fingerprint density at radius 1 is 1.15 bits per heavy atom. The summed E-state index contributed by atoms with van der Waals surface area (Å²) in [4.78, 5) is 4.08. The molecule has 1 aromatic carbocycles. The molecule has 1 atom stereocenters. The Morgan fingerprint density at radius 3 is 2.60 bits per heavy atom. The van der Waals surface area contributed by atoms with Crippen molar-refractivity contribution in [3.63, 3.8) is 0 Å². The van der Waals surface area contributed by atoms with E-state index >= 15 is 0 Å². The Hall–Kier alpha value is -1.88. The fourth-order valence-electron chi connectivity index (χ4n) is 2.70. The summed E-state index contributed by atoms with van der Waals surface area (Å²) < 4.78 is 0. The van der Waals surface area contributed by atoms with E-state index in [2.05, 4.69) is 39.6 Å². The van der Waals surface area contributed by atoms with Crippen LogP contribution >= 0.6 is 0 Å². The maximum atomic E-state index is 4.12. The second-order valence-corrected chi connectivity index (χ2v) is 5.38. The smallest absolute Gasteiger partial charge is 0.0858 e. The number of hydrogen-bond donors (Lipinski definition) is 1. The highest BCUT2D eigenvalue weighted by molar-refractivity contribution is 5.48. The molecule has 0 amide bonds. The van der Waals surface area contributed by atoms with Gasteiger partial charge < -0.3 is 10.2 Å². The highest BCUT2D eigenvalue weighted by Gasteiger charge is 2.18. The fourth-order valence-corrected chi connectivity index (χ4v) is 2.70. The molecule has 5 heteroatoms. The van der Waals surface area contributed by atoms with Gasteiger partial charge in [-0.3, -0.25) is 0 Å². The highest BCUT2D eigenvalue weighted by Crippen LogP contribution is 2.17. The summed E-state index contributed by atoms with van der Waals surface area (Å²) in [6.07, 6.45) is 7.34. The lowest BCUT2D eigenvalue weighted by Gasteiger charge is -2.32. The van der Waals surface area contributed by atoms with Crippen LogP contribution < -0.4 is 5.32 Å². The molecule has 1 unspecified atom stereocenters. The first kappa shape index (κ1) is 13.1. The number of aromatic nitrogens is 3. The standard InChI is InChI=1S/C15H21N5/c1-19-11-3-2-4-15(19)12-16-13-5-7-14(8-6-13)20-17-9-10-18-20/h5-10,15-16H,2-4,11-12H2,1H3. The van der Waals surface area contributed by atoms with Crippen LogP contribution in [0.2, 0.25) is 0 Å². The summed E-state index contributed by atoms with van der Waals surface area (Å²) in [5.74, 6) is 0. The summed E-state index contributed by atoms with van der Waals surface area (Å²) in [7, 11) is 2.22. The van der Waals surface area contributed by atoms with Crippen molar-refractivity contribution >= 4 is 5.69 Å². The van der Waals surface area contributed by atoms with E-state index in [-0.39, 0.29) is 0 Å². The fraction of sp³-hybridized carbons (Fsp3) is 0.467. The van der Waals surface area contributed by atoms with E-state index in [1.807, 2.05) is 12.1 Å². The van der Waals surface area contributed by atoms with E-state index in [1.54, 1.807) is 17.2 Å². The Morgan fingerprint density at radius 2 is 1.90 bits per heavy atom. The Bertz CT molecular complexity index is 520. The van der Waals surface area contributed by atoms with Gasteiger partial charge in [0.15, 0.2) is 0 Å². The molecule has 1 fully saturated rings. The van der Waals surface area contributed by atoms with Gasteiger partial charge >= 0.3 is 0 Å². The molecular weight excluding hydrogens is 250 g/mol. The number of likely N-dealkylation sites (N-methyl/N-ethyl adjacent to an activating group) is 1. The van der Waals surface area contributed by atoms with Crippen molar-refractivity contribution in [1.82, 2.24) is 19.9 Å². The minimum atomic E-state index is 0.649. The molecule has 1 saturated heterocycles. The van der Waals surface area contributed by atoms with Gasteiger partial charge in [0, 0.05) is 18.3 Å². The molecule has 3 rings (SSSR count). The van der Waals surface area contributed by atoms with Gasteiger partial charge in [-0.25, -0.2) is 0 Å². The average molecular weight is 271 g/mol. The van der Waals surface area contributed by atoms with Crippen molar-refractivity contribution in [3.8, 4) is 5.69 Å². The number of nitrogens with one attached hydrogen (secondary N) is 1. The third-order valence-electron chi connectivity index (χ3n) is 3.98. The average Bonchev–Trinajstić information content (AvgIpc) is 3.01. The van der Waals surface area contributed by atoms with Gasteiger partial charge in [-0.05, 0) is 50.7 Å². The van der Waals surface area contributed by atoms with E-state index in [0.29, 0.717) is 6.04 Å². The SMILES string of the molecule is CN1CCCCC1CNc1ccc(-n2nccn2)cc1. The molecule has 0 radical (unpaired) electrons. The number of nitrogens with zero attached hydrogens (tertiary/aromatic N) is 4. The second kappa shape index (κ2) is 6.05. The van der Waals surface area contributed by atoms with Crippen LogP contribution in [0, 0.1) is 0 Å². The lowest BCUT2D eigenvalue weighted by Crippen LogP contribution is -2.40. The molecule has 0 saturated carbocycles. The molecule has 1 aromatic heterocycles. The zero-order chi connectivity index (χ0) is 13.8. The minimum Gasteiger partial charge on any atom is -0.383 e. The first-order chi connectivity index (χ1) is 9.83. The van der Waals surface area contributed by atoms with Crippen LogP contribution in [0.25, 0.3) is 5.69 Å². The zero-order valence-electron chi connectivity index (χ0n) is 11.9. The van der Waals surface area contributed by atoms with Crippen LogP contribution in [0.15, 0.2) is 36.7 Å². The monoisotopic (exact) mass is 271 g/mol. The summed E-state index contributed by atoms with van der Waals surface area (Å²) >= 11 is 0. The minimum absolute atomic E-state index is 0.649. The maximum absolute atomic E-state index is 4.12. The maximum Gasteiger partial charge on any atom is 0.0858 e. The van der Waals surface area contributed by atoms with Crippen molar-refractivity contribution in [2.75, 3.05) is 25.5 Å². The predicted molar refractivity (Wildman–Crippen MR) is 80.1 cm³/mol. The van der Waals surface area contributed by atoms with Crippen LogP contribution in [0.5, 0.6) is 0 Å². The van der Waals surface area contributed by atoms with Gasteiger partial charge in [-0.2, -0.15) is 15.0 Å². The molecule has 2 aromatic rings. The number of anilines is 1. The normalized spacial score (nSPS) is 19.9.